The number of hydrogen-bond donors (Lipinski definition) is 1. The van der Waals surface area contributed by atoms with Crippen molar-refractivity contribution < 1.29 is 19.1 Å². The smallest absolute Gasteiger partial charge is 0.261 e. The number of benzene rings is 2. The average Bonchev–Trinajstić information content (AvgIpc) is 3.33. The molecule has 158 valence electrons. The van der Waals surface area contributed by atoms with E-state index in [1.165, 1.54) is 16.2 Å². The topological polar surface area (TPSA) is 88.6 Å². The average molecular weight is 436 g/mol. The van der Waals surface area contributed by atoms with Crippen molar-refractivity contribution in [1.82, 2.24) is 9.88 Å². The second-order valence-electron chi connectivity index (χ2n) is 6.95. The van der Waals surface area contributed by atoms with Crippen LogP contribution in [0.4, 0.5) is 5.13 Å². The highest BCUT2D eigenvalue weighted by Gasteiger charge is 2.34. The van der Waals surface area contributed by atoms with Crippen LogP contribution >= 0.6 is 11.3 Å². The van der Waals surface area contributed by atoms with Crippen molar-refractivity contribution in [3.63, 3.8) is 0 Å². The Balaban J connectivity index is 1.28. The summed E-state index contributed by atoms with van der Waals surface area (Å²) in [5.74, 6) is -0.0147. The minimum absolute atomic E-state index is 0.186. The van der Waals surface area contributed by atoms with Crippen LogP contribution < -0.4 is 10.1 Å². The van der Waals surface area contributed by atoms with E-state index < -0.39 is 0 Å². The molecule has 1 N–H and O–H groups in total. The fraction of sp³-hybridized carbons (Fsp3) is 0.217. The van der Waals surface area contributed by atoms with E-state index in [1.54, 1.807) is 24.3 Å². The van der Waals surface area contributed by atoms with Gasteiger partial charge in [0.1, 0.15) is 5.75 Å². The van der Waals surface area contributed by atoms with Gasteiger partial charge in [0.25, 0.3) is 11.8 Å². The first-order valence-electron chi connectivity index (χ1n) is 10.0. The minimum Gasteiger partial charge on any atom is -0.494 e. The molecule has 2 aromatic carbocycles. The molecule has 0 bridgehead atoms. The maximum Gasteiger partial charge on any atom is 0.261 e. The summed E-state index contributed by atoms with van der Waals surface area (Å²) in [6, 6.07) is 14.4. The number of carbonyl (C=O) groups is 3. The van der Waals surface area contributed by atoms with Crippen molar-refractivity contribution in [2.24, 2.45) is 0 Å². The lowest BCUT2D eigenvalue weighted by Crippen LogP contribution is -2.31. The number of anilines is 1. The molecular formula is C23H21N3O4S. The van der Waals surface area contributed by atoms with Crippen LogP contribution in [-0.4, -0.2) is 40.8 Å². The van der Waals surface area contributed by atoms with Gasteiger partial charge in [-0.15, -0.1) is 11.3 Å². The van der Waals surface area contributed by atoms with Crippen molar-refractivity contribution in [3.8, 4) is 17.0 Å². The number of hydrogen-bond acceptors (Lipinski definition) is 6. The molecule has 3 aromatic rings. The van der Waals surface area contributed by atoms with Crippen molar-refractivity contribution in [1.29, 1.82) is 0 Å². The Kier molecular flexibility index (Phi) is 6.08. The highest BCUT2D eigenvalue weighted by Crippen LogP contribution is 2.27. The number of rotatable bonds is 8. The van der Waals surface area contributed by atoms with Gasteiger partial charge < -0.3 is 10.1 Å². The van der Waals surface area contributed by atoms with Gasteiger partial charge >= 0.3 is 0 Å². The van der Waals surface area contributed by atoms with Gasteiger partial charge in [-0.3, -0.25) is 19.3 Å². The van der Waals surface area contributed by atoms with E-state index in [1.807, 2.05) is 36.6 Å². The van der Waals surface area contributed by atoms with E-state index in [-0.39, 0.29) is 30.7 Å². The molecular weight excluding hydrogens is 414 g/mol. The molecule has 0 spiro atoms. The van der Waals surface area contributed by atoms with Crippen LogP contribution in [0.3, 0.4) is 0 Å². The first-order chi connectivity index (χ1) is 15.1. The van der Waals surface area contributed by atoms with Crippen molar-refractivity contribution in [2.45, 2.75) is 19.8 Å². The molecule has 4 rings (SSSR count). The summed E-state index contributed by atoms with van der Waals surface area (Å²) in [6.07, 6.45) is 0.569. The number of aromatic nitrogens is 1. The molecule has 2 heterocycles. The highest BCUT2D eigenvalue weighted by molar-refractivity contribution is 7.14. The summed E-state index contributed by atoms with van der Waals surface area (Å²) >= 11 is 1.35. The largest absolute Gasteiger partial charge is 0.494 e. The summed E-state index contributed by atoms with van der Waals surface area (Å²) < 4.78 is 5.44. The number of nitrogens with zero attached hydrogens (tertiary/aromatic N) is 2. The Bertz CT molecular complexity index is 1090. The standard InChI is InChI=1S/C23H21N3O4S/c1-2-30-16-11-9-15(10-12-16)19-14-31-23(24-19)25-20(27)8-5-13-26-21(28)17-6-3-4-7-18(17)22(26)29/h3-4,6-7,9-12,14H,2,5,8,13H2,1H3,(H,24,25,27). The summed E-state index contributed by atoms with van der Waals surface area (Å²) in [7, 11) is 0. The molecule has 7 nitrogen and oxygen atoms in total. The maximum atomic E-state index is 12.4. The molecule has 8 heteroatoms. The SMILES string of the molecule is CCOc1ccc(-c2csc(NC(=O)CCCN3C(=O)c4ccccc4C3=O)n2)cc1. The number of carbonyl (C=O) groups excluding carboxylic acids is 3. The zero-order chi connectivity index (χ0) is 21.8. The molecule has 0 saturated carbocycles. The molecule has 0 saturated heterocycles. The molecule has 0 radical (unpaired) electrons. The third kappa shape index (κ3) is 4.49. The summed E-state index contributed by atoms with van der Waals surface area (Å²) in [4.78, 5) is 42.7. The maximum absolute atomic E-state index is 12.4. The van der Waals surface area contributed by atoms with E-state index in [0.717, 1.165) is 17.0 Å². The van der Waals surface area contributed by atoms with Crippen molar-refractivity contribution >= 4 is 34.2 Å². The van der Waals surface area contributed by atoms with Crippen molar-refractivity contribution in [2.75, 3.05) is 18.5 Å². The second kappa shape index (κ2) is 9.09. The lowest BCUT2D eigenvalue weighted by molar-refractivity contribution is -0.116. The van der Waals surface area contributed by atoms with Gasteiger partial charge in [0.2, 0.25) is 5.91 Å². The summed E-state index contributed by atoms with van der Waals surface area (Å²) in [6.45, 7) is 2.75. The third-order valence-electron chi connectivity index (χ3n) is 4.88. The zero-order valence-electron chi connectivity index (χ0n) is 17.0. The quantitative estimate of drug-likeness (QED) is 0.535. The van der Waals surface area contributed by atoms with Gasteiger partial charge in [-0.1, -0.05) is 12.1 Å². The van der Waals surface area contributed by atoms with E-state index in [4.69, 9.17) is 4.74 Å². The fourth-order valence-electron chi connectivity index (χ4n) is 3.37. The molecule has 0 unspecified atom stereocenters. The van der Waals surface area contributed by atoms with E-state index in [0.29, 0.717) is 29.3 Å². The van der Waals surface area contributed by atoms with Crippen LogP contribution in [0.1, 0.15) is 40.5 Å². The van der Waals surface area contributed by atoms with Crippen LogP contribution in [0.25, 0.3) is 11.3 Å². The molecule has 3 amide bonds. The fourth-order valence-corrected chi connectivity index (χ4v) is 4.11. The van der Waals surface area contributed by atoms with Gasteiger partial charge in [-0.2, -0.15) is 0 Å². The van der Waals surface area contributed by atoms with Crippen LogP contribution in [-0.2, 0) is 4.79 Å². The Morgan fingerprint density at radius 1 is 1.06 bits per heavy atom. The second-order valence-corrected chi connectivity index (χ2v) is 7.81. The monoisotopic (exact) mass is 435 g/mol. The van der Waals surface area contributed by atoms with E-state index >= 15 is 0 Å². The van der Waals surface area contributed by atoms with E-state index in [9.17, 15) is 14.4 Å². The third-order valence-corrected chi connectivity index (χ3v) is 5.63. The Morgan fingerprint density at radius 3 is 2.39 bits per heavy atom. The predicted octanol–water partition coefficient (Wildman–Crippen LogP) is 4.22. The first-order valence-corrected chi connectivity index (χ1v) is 10.9. The Morgan fingerprint density at radius 2 is 1.74 bits per heavy atom. The normalized spacial score (nSPS) is 12.7. The molecule has 0 aliphatic carbocycles. The number of thiazole rings is 1. The van der Waals surface area contributed by atoms with Gasteiger partial charge in [0, 0.05) is 23.9 Å². The van der Waals surface area contributed by atoms with Crippen LogP contribution in [0.5, 0.6) is 5.75 Å². The number of amides is 3. The number of imide groups is 1. The van der Waals surface area contributed by atoms with Crippen LogP contribution in [0, 0.1) is 0 Å². The van der Waals surface area contributed by atoms with Crippen molar-refractivity contribution in [3.05, 3.63) is 65.0 Å². The molecule has 31 heavy (non-hydrogen) atoms. The molecule has 0 atom stereocenters. The number of nitrogens with one attached hydrogen (secondary N) is 1. The first kappa shape index (κ1) is 20.7. The highest BCUT2D eigenvalue weighted by atomic mass is 32.1. The minimum atomic E-state index is -0.305. The van der Waals surface area contributed by atoms with Gasteiger partial charge in [0.15, 0.2) is 5.13 Å². The lowest BCUT2D eigenvalue weighted by Gasteiger charge is -2.13. The van der Waals surface area contributed by atoms with Gasteiger partial charge in [0.05, 0.1) is 23.4 Å². The summed E-state index contributed by atoms with van der Waals surface area (Å²) in [5, 5.41) is 5.17. The van der Waals surface area contributed by atoms with Gasteiger partial charge in [-0.25, -0.2) is 4.98 Å². The van der Waals surface area contributed by atoms with Gasteiger partial charge in [-0.05, 0) is 49.7 Å². The Labute approximate surface area is 183 Å². The molecule has 1 aliphatic heterocycles. The molecule has 1 aliphatic rings. The lowest BCUT2D eigenvalue weighted by atomic mass is 10.1. The molecule has 0 fully saturated rings. The number of fused-ring (bicyclic) bond motifs is 1. The Hall–Kier alpha value is -3.52. The zero-order valence-corrected chi connectivity index (χ0v) is 17.8. The number of ether oxygens (including phenoxy) is 1. The van der Waals surface area contributed by atoms with E-state index in [2.05, 4.69) is 10.3 Å². The predicted molar refractivity (Wildman–Crippen MR) is 118 cm³/mol. The van der Waals surface area contributed by atoms with Crippen LogP contribution in [0.2, 0.25) is 0 Å². The summed E-state index contributed by atoms with van der Waals surface area (Å²) in [5.41, 5.74) is 2.54. The van der Waals surface area contributed by atoms with Crippen LogP contribution in [0.15, 0.2) is 53.9 Å². The molecule has 1 aromatic heterocycles.